The van der Waals surface area contributed by atoms with E-state index in [0.717, 1.165) is 18.4 Å². The third-order valence-electron chi connectivity index (χ3n) is 4.70. The summed E-state index contributed by atoms with van der Waals surface area (Å²) in [4.78, 5) is 19.3. The number of hydrogen-bond acceptors (Lipinski definition) is 7. The second-order valence-electron chi connectivity index (χ2n) is 8.56. The van der Waals surface area contributed by atoms with Gasteiger partial charge in [-0.3, -0.25) is 4.90 Å². The van der Waals surface area contributed by atoms with Gasteiger partial charge in [0, 0.05) is 5.56 Å². The van der Waals surface area contributed by atoms with Crippen LogP contribution in [0.3, 0.4) is 0 Å². The van der Waals surface area contributed by atoms with Gasteiger partial charge in [0.15, 0.2) is 5.82 Å². The minimum atomic E-state index is -0.666. The highest BCUT2D eigenvalue weighted by molar-refractivity contribution is 5.69. The van der Waals surface area contributed by atoms with Crippen molar-refractivity contribution in [3.8, 4) is 5.75 Å². The van der Waals surface area contributed by atoms with Gasteiger partial charge >= 0.3 is 6.09 Å². The Balaban J connectivity index is 1.94. The van der Waals surface area contributed by atoms with Crippen LogP contribution in [0.2, 0.25) is 0 Å². The molecule has 8 heteroatoms. The lowest BCUT2D eigenvalue weighted by molar-refractivity contribution is 0.0509. The Hall–Kier alpha value is -2.61. The van der Waals surface area contributed by atoms with Crippen molar-refractivity contribution in [2.24, 2.45) is 5.92 Å². The van der Waals surface area contributed by atoms with Gasteiger partial charge in [0.25, 0.3) is 0 Å². The van der Waals surface area contributed by atoms with Gasteiger partial charge < -0.3 is 19.3 Å². The number of para-hydroxylation sites is 1. The molecule has 2 atom stereocenters. The van der Waals surface area contributed by atoms with Crippen LogP contribution >= 0.6 is 0 Å². The van der Waals surface area contributed by atoms with E-state index >= 15 is 0 Å². The van der Waals surface area contributed by atoms with E-state index in [-0.39, 0.29) is 6.04 Å². The van der Waals surface area contributed by atoms with E-state index < -0.39 is 17.7 Å². The summed E-state index contributed by atoms with van der Waals surface area (Å²) in [6.07, 6.45) is 1.73. The zero-order valence-corrected chi connectivity index (χ0v) is 17.9. The van der Waals surface area contributed by atoms with Crippen LogP contribution in [0.4, 0.5) is 4.79 Å². The fraction of sp³-hybridized carbons (Fsp3) is 0.571. The number of alkyl carbamates (subject to hydrolysis) is 1. The molecule has 0 unspecified atom stereocenters. The minimum Gasteiger partial charge on any atom is -0.496 e. The van der Waals surface area contributed by atoms with Gasteiger partial charge in [-0.15, -0.1) is 0 Å². The third-order valence-corrected chi connectivity index (χ3v) is 4.70. The largest absolute Gasteiger partial charge is 0.496 e. The molecule has 0 saturated heterocycles. The molecule has 3 rings (SSSR count). The van der Waals surface area contributed by atoms with Gasteiger partial charge in [0.1, 0.15) is 17.4 Å². The molecule has 0 bridgehead atoms. The van der Waals surface area contributed by atoms with Crippen LogP contribution in [0.25, 0.3) is 0 Å². The summed E-state index contributed by atoms with van der Waals surface area (Å²) in [7, 11) is 5.59. The van der Waals surface area contributed by atoms with Gasteiger partial charge in [0.2, 0.25) is 5.89 Å². The number of ether oxygens (including phenoxy) is 2. The van der Waals surface area contributed by atoms with Crippen molar-refractivity contribution in [3.63, 3.8) is 0 Å². The Morgan fingerprint density at radius 3 is 2.55 bits per heavy atom. The van der Waals surface area contributed by atoms with E-state index in [2.05, 4.69) is 20.4 Å². The van der Waals surface area contributed by atoms with E-state index in [9.17, 15) is 4.79 Å². The number of nitrogens with zero attached hydrogens (tertiary/aromatic N) is 3. The molecule has 0 aliphatic heterocycles. The maximum absolute atomic E-state index is 12.5. The quantitative estimate of drug-likeness (QED) is 0.755. The summed E-state index contributed by atoms with van der Waals surface area (Å²) < 4.78 is 16.5. The molecule has 0 spiro atoms. The third kappa shape index (κ3) is 5.26. The highest BCUT2D eigenvalue weighted by Gasteiger charge is 2.38. The average molecular weight is 402 g/mol. The van der Waals surface area contributed by atoms with Crippen LogP contribution < -0.4 is 10.1 Å². The fourth-order valence-corrected chi connectivity index (χ4v) is 3.35. The van der Waals surface area contributed by atoms with Crippen molar-refractivity contribution in [1.82, 2.24) is 20.4 Å². The van der Waals surface area contributed by atoms with E-state index in [1.807, 2.05) is 59.1 Å². The number of amides is 1. The molecule has 1 aromatic heterocycles. The standard InChI is InChI=1S/C21H30N4O4/c1-21(2,3)28-20(26)22-16(14-9-7-8-10-15(14)27-6)18-23-19(29-24-18)17(25(4)5)13-11-12-13/h7-10,13,16-17H,11-12H2,1-6H3,(H,22,26)/t16-,17+/m1/s1. The number of benzene rings is 1. The first kappa shape index (κ1) is 21.1. The molecular weight excluding hydrogens is 372 g/mol. The van der Waals surface area contributed by atoms with Gasteiger partial charge in [-0.05, 0) is 59.7 Å². The molecular formula is C21H30N4O4. The van der Waals surface area contributed by atoms with Crippen molar-refractivity contribution < 1.29 is 18.8 Å². The maximum Gasteiger partial charge on any atom is 0.408 e. The van der Waals surface area contributed by atoms with Crippen molar-refractivity contribution >= 4 is 6.09 Å². The summed E-state index contributed by atoms with van der Waals surface area (Å²) in [6.45, 7) is 5.44. The molecule has 1 heterocycles. The number of carbonyl (C=O) groups is 1. The minimum absolute atomic E-state index is 0.0658. The lowest BCUT2D eigenvalue weighted by atomic mass is 10.0. The Morgan fingerprint density at radius 2 is 1.97 bits per heavy atom. The Bertz CT molecular complexity index is 837. The molecule has 29 heavy (non-hydrogen) atoms. The van der Waals surface area contributed by atoms with Gasteiger partial charge in [-0.25, -0.2) is 4.79 Å². The lowest BCUT2D eigenvalue weighted by Gasteiger charge is -2.23. The van der Waals surface area contributed by atoms with Gasteiger partial charge in [-0.1, -0.05) is 23.4 Å². The number of hydrogen-bond donors (Lipinski definition) is 1. The predicted molar refractivity (Wildman–Crippen MR) is 108 cm³/mol. The number of carbonyl (C=O) groups excluding carboxylic acids is 1. The van der Waals surface area contributed by atoms with Gasteiger partial charge in [-0.2, -0.15) is 4.98 Å². The van der Waals surface area contributed by atoms with E-state index in [1.165, 1.54) is 0 Å². The predicted octanol–water partition coefficient (Wildman–Crippen LogP) is 3.71. The first-order chi connectivity index (χ1) is 13.7. The van der Waals surface area contributed by atoms with Crippen LogP contribution in [0.15, 0.2) is 28.8 Å². The van der Waals surface area contributed by atoms with Crippen LogP contribution in [-0.2, 0) is 4.74 Å². The van der Waals surface area contributed by atoms with Crippen LogP contribution in [-0.4, -0.2) is 47.9 Å². The first-order valence-electron chi connectivity index (χ1n) is 9.82. The second-order valence-corrected chi connectivity index (χ2v) is 8.56. The van der Waals surface area contributed by atoms with Crippen LogP contribution in [0.5, 0.6) is 5.75 Å². The normalized spacial score (nSPS) is 16.4. The summed E-state index contributed by atoms with van der Waals surface area (Å²) in [5.41, 5.74) is 0.0980. The highest BCUT2D eigenvalue weighted by Crippen LogP contribution is 2.43. The summed E-state index contributed by atoms with van der Waals surface area (Å²) in [5.74, 6) is 2.05. The maximum atomic E-state index is 12.5. The molecule has 1 aliphatic carbocycles. The van der Waals surface area contributed by atoms with Crippen molar-refractivity contribution in [2.75, 3.05) is 21.2 Å². The van der Waals surface area contributed by atoms with Crippen molar-refractivity contribution in [1.29, 1.82) is 0 Å². The summed E-state index contributed by atoms with van der Waals surface area (Å²) >= 11 is 0. The zero-order chi connectivity index (χ0) is 21.2. The smallest absolute Gasteiger partial charge is 0.408 e. The molecule has 1 aliphatic rings. The Morgan fingerprint density at radius 1 is 1.28 bits per heavy atom. The Kier molecular flexibility index (Phi) is 6.12. The average Bonchev–Trinajstić information content (AvgIpc) is 3.34. The molecule has 1 amide bonds. The second kappa shape index (κ2) is 8.41. The molecule has 2 aromatic rings. The van der Waals surface area contributed by atoms with E-state index in [0.29, 0.717) is 23.4 Å². The highest BCUT2D eigenvalue weighted by atomic mass is 16.6. The van der Waals surface area contributed by atoms with E-state index in [1.54, 1.807) is 7.11 Å². The number of methoxy groups -OCH3 is 1. The Labute approximate surface area is 171 Å². The molecule has 1 saturated carbocycles. The molecule has 1 fully saturated rings. The molecule has 1 aromatic carbocycles. The first-order valence-corrected chi connectivity index (χ1v) is 9.82. The van der Waals surface area contributed by atoms with Crippen molar-refractivity contribution in [2.45, 2.75) is 51.3 Å². The monoisotopic (exact) mass is 402 g/mol. The number of nitrogens with one attached hydrogen (secondary N) is 1. The molecule has 1 N–H and O–H groups in total. The van der Waals surface area contributed by atoms with Crippen molar-refractivity contribution in [3.05, 3.63) is 41.5 Å². The SMILES string of the molecule is COc1ccccc1[C@@H](NC(=O)OC(C)(C)C)c1noc([C@H](C2CC2)N(C)C)n1. The summed E-state index contributed by atoms with van der Waals surface area (Å²) in [6, 6.07) is 6.82. The van der Waals surface area contributed by atoms with Crippen LogP contribution in [0.1, 0.15) is 63.0 Å². The molecule has 0 radical (unpaired) electrons. The zero-order valence-electron chi connectivity index (χ0n) is 17.9. The fourth-order valence-electron chi connectivity index (χ4n) is 3.35. The lowest BCUT2D eigenvalue weighted by Crippen LogP contribution is -2.36. The number of aromatic nitrogens is 2. The van der Waals surface area contributed by atoms with E-state index in [4.69, 9.17) is 14.0 Å². The number of rotatable bonds is 7. The van der Waals surface area contributed by atoms with Crippen LogP contribution in [0, 0.1) is 5.92 Å². The molecule has 8 nitrogen and oxygen atoms in total. The molecule has 158 valence electrons. The summed E-state index contributed by atoms with van der Waals surface area (Å²) in [5, 5.41) is 7.06. The topological polar surface area (TPSA) is 89.7 Å². The van der Waals surface area contributed by atoms with Gasteiger partial charge in [0.05, 0.1) is 13.2 Å².